The minimum atomic E-state index is -3.78. The van der Waals surface area contributed by atoms with E-state index in [2.05, 4.69) is 29.2 Å². The van der Waals surface area contributed by atoms with Gasteiger partial charge in [0.2, 0.25) is 10.0 Å². The van der Waals surface area contributed by atoms with Gasteiger partial charge in [0.25, 0.3) is 0 Å². The van der Waals surface area contributed by atoms with Crippen molar-refractivity contribution >= 4 is 27.6 Å². The molecule has 0 bridgehead atoms. The van der Waals surface area contributed by atoms with Gasteiger partial charge >= 0.3 is 5.97 Å². The number of hydrogen-bond donors (Lipinski definition) is 0. The average molecular weight is 485 g/mol. The highest BCUT2D eigenvalue weighted by molar-refractivity contribution is 7.89. The number of carbonyl (C=O) groups is 1. The molecule has 33 heavy (non-hydrogen) atoms. The second-order valence-corrected chi connectivity index (χ2v) is 10.1. The lowest BCUT2D eigenvalue weighted by atomic mass is 9.96. The third kappa shape index (κ3) is 4.96. The van der Waals surface area contributed by atoms with Crippen LogP contribution in [0.15, 0.2) is 83.8 Å². The first kappa shape index (κ1) is 23.4. The Morgan fingerprint density at radius 2 is 1.42 bits per heavy atom. The molecule has 6 nitrogen and oxygen atoms in total. The quantitative estimate of drug-likeness (QED) is 0.490. The molecule has 0 saturated carbocycles. The molecule has 3 aromatic rings. The van der Waals surface area contributed by atoms with Gasteiger partial charge in [0.15, 0.2) is 0 Å². The van der Waals surface area contributed by atoms with Gasteiger partial charge in [-0.1, -0.05) is 72.3 Å². The number of esters is 1. The van der Waals surface area contributed by atoms with Crippen LogP contribution >= 0.6 is 11.6 Å². The lowest BCUT2D eigenvalue weighted by Gasteiger charge is -2.39. The predicted molar refractivity (Wildman–Crippen MR) is 128 cm³/mol. The van der Waals surface area contributed by atoms with E-state index in [9.17, 15) is 13.2 Å². The summed E-state index contributed by atoms with van der Waals surface area (Å²) < 4.78 is 32.8. The lowest BCUT2D eigenvalue weighted by molar-refractivity contribution is 0.0600. The van der Waals surface area contributed by atoms with Gasteiger partial charge in [0, 0.05) is 26.2 Å². The van der Waals surface area contributed by atoms with Crippen LogP contribution in [0, 0.1) is 0 Å². The smallest absolute Gasteiger partial charge is 0.339 e. The van der Waals surface area contributed by atoms with Gasteiger partial charge < -0.3 is 4.74 Å². The van der Waals surface area contributed by atoms with Crippen LogP contribution in [0.2, 0.25) is 5.02 Å². The standard InChI is InChI=1S/C25H25ClN2O4S/c1-32-25(29)22-18-21(12-13-23(22)26)33(30,31)28-16-14-27(15-17-28)24(19-8-4-2-5-9-19)20-10-6-3-7-11-20/h2-13,18,24H,14-17H2,1H3. The summed E-state index contributed by atoms with van der Waals surface area (Å²) in [5.41, 5.74) is 2.37. The minimum absolute atomic E-state index is 0.0309. The van der Waals surface area contributed by atoms with E-state index in [1.807, 2.05) is 36.4 Å². The Morgan fingerprint density at radius 1 is 0.879 bits per heavy atom. The molecule has 0 atom stereocenters. The molecule has 0 unspecified atom stereocenters. The van der Waals surface area contributed by atoms with E-state index >= 15 is 0 Å². The number of sulfonamides is 1. The number of piperazine rings is 1. The molecule has 1 fully saturated rings. The Labute approximate surface area is 199 Å². The molecule has 0 aromatic heterocycles. The van der Waals surface area contributed by atoms with Crippen molar-refractivity contribution in [3.8, 4) is 0 Å². The molecular formula is C25H25ClN2O4S. The van der Waals surface area contributed by atoms with Crippen LogP contribution in [0.25, 0.3) is 0 Å². The number of methoxy groups -OCH3 is 1. The van der Waals surface area contributed by atoms with Crippen LogP contribution in [0.3, 0.4) is 0 Å². The van der Waals surface area contributed by atoms with Gasteiger partial charge in [-0.05, 0) is 29.3 Å². The van der Waals surface area contributed by atoms with Crippen molar-refractivity contribution in [2.24, 2.45) is 0 Å². The summed E-state index contributed by atoms with van der Waals surface area (Å²) in [4.78, 5) is 14.3. The first-order valence-corrected chi connectivity index (χ1v) is 12.5. The van der Waals surface area contributed by atoms with E-state index in [1.54, 1.807) is 0 Å². The summed E-state index contributed by atoms with van der Waals surface area (Å²) in [6.07, 6.45) is 0. The molecule has 0 amide bonds. The zero-order valence-corrected chi connectivity index (χ0v) is 19.8. The Morgan fingerprint density at radius 3 is 1.94 bits per heavy atom. The maximum atomic E-state index is 13.3. The maximum Gasteiger partial charge on any atom is 0.339 e. The van der Waals surface area contributed by atoms with E-state index in [4.69, 9.17) is 16.3 Å². The number of rotatable bonds is 6. The molecule has 4 rings (SSSR count). The Bertz CT molecular complexity index is 1170. The van der Waals surface area contributed by atoms with Crippen LogP contribution in [0.1, 0.15) is 27.5 Å². The molecule has 172 valence electrons. The largest absolute Gasteiger partial charge is 0.465 e. The van der Waals surface area contributed by atoms with Crippen LogP contribution in [0.4, 0.5) is 0 Å². The zero-order chi connectivity index (χ0) is 23.4. The molecule has 1 aliphatic rings. The Hall–Kier alpha value is -2.71. The second kappa shape index (κ2) is 10.1. The van der Waals surface area contributed by atoms with Gasteiger partial charge in [-0.3, -0.25) is 4.90 Å². The minimum Gasteiger partial charge on any atom is -0.465 e. The van der Waals surface area contributed by atoms with Crippen LogP contribution in [-0.4, -0.2) is 56.9 Å². The van der Waals surface area contributed by atoms with E-state index in [0.29, 0.717) is 26.2 Å². The molecule has 1 heterocycles. The fourth-order valence-corrected chi connectivity index (χ4v) is 5.81. The summed E-state index contributed by atoms with van der Waals surface area (Å²) in [6, 6.07) is 24.6. The molecule has 3 aromatic carbocycles. The van der Waals surface area contributed by atoms with E-state index in [-0.39, 0.29) is 21.5 Å². The molecule has 0 N–H and O–H groups in total. The average Bonchev–Trinajstić information content (AvgIpc) is 2.85. The maximum absolute atomic E-state index is 13.3. The van der Waals surface area contributed by atoms with Crippen molar-refractivity contribution in [2.45, 2.75) is 10.9 Å². The summed E-state index contributed by atoms with van der Waals surface area (Å²) >= 11 is 6.06. The fraction of sp³-hybridized carbons (Fsp3) is 0.240. The lowest BCUT2D eigenvalue weighted by Crippen LogP contribution is -2.49. The monoisotopic (exact) mass is 484 g/mol. The first-order valence-electron chi connectivity index (χ1n) is 10.6. The van der Waals surface area contributed by atoms with Gasteiger partial charge in [-0.2, -0.15) is 4.31 Å². The predicted octanol–water partition coefficient (Wildman–Crippen LogP) is 4.22. The van der Waals surface area contributed by atoms with Crippen molar-refractivity contribution in [3.05, 3.63) is 101 Å². The molecule has 0 spiro atoms. The van der Waals surface area contributed by atoms with Gasteiger partial charge in [-0.25, -0.2) is 13.2 Å². The Balaban J connectivity index is 1.56. The molecule has 1 aliphatic heterocycles. The highest BCUT2D eigenvalue weighted by atomic mass is 35.5. The number of halogens is 1. The summed E-state index contributed by atoms with van der Waals surface area (Å²) in [6.45, 7) is 1.83. The van der Waals surface area contributed by atoms with Crippen LogP contribution in [0.5, 0.6) is 0 Å². The SMILES string of the molecule is COC(=O)c1cc(S(=O)(=O)N2CCN(C(c3ccccc3)c3ccccc3)CC2)ccc1Cl. The van der Waals surface area contributed by atoms with Crippen LogP contribution < -0.4 is 0 Å². The van der Waals surface area contributed by atoms with Crippen LogP contribution in [-0.2, 0) is 14.8 Å². The normalized spacial score (nSPS) is 15.5. The number of carbonyl (C=O) groups excluding carboxylic acids is 1. The van der Waals surface area contributed by atoms with E-state index in [1.165, 1.54) is 40.7 Å². The van der Waals surface area contributed by atoms with Gasteiger partial charge in [-0.15, -0.1) is 0 Å². The summed E-state index contributed by atoms with van der Waals surface area (Å²) in [5, 5.41) is 0.152. The second-order valence-electron chi connectivity index (χ2n) is 7.80. The number of ether oxygens (including phenoxy) is 1. The van der Waals surface area contributed by atoms with Crippen molar-refractivity contribution in [2.75, 3.05) is 33.3 Å². The number of benzene rings is 3. The third-order valence-electron chi connectivity index (χ3n) is 5.85. The van der Waals surface area contributed by atoms with Crippen molar-refractivity contribution in [3.63, 3.8) is 0 Å². The number of nitrogens with zero attached hydrogens (tertiary/aromatic N) is 2. The third-order valence-corrected chi connectivity index (χ3v) is 8.07. The van der Waals surface area contributed by atoms with Crippen molar-refractivity contribution < 1.29 is 17.9 Å². The van der Waals surface area contributed by atoms with Crippen molar-refractivity contribution in [1.29, 1.82) is 0 Å². The summed E-state index contributed by atoms with van der Waals surface area (Å²) in [7, 11) is -2.55. The van der Waals surface area contributed by atoms with Gasteiger partial charge in [0.05, 0.1) is 28.6 Å². The number of hydrogen-bond acceptors (Lipinski definition) is 5. The fourth-order valence-electron chi connectivity index (χ4n) is 4.17. The highest BCUT2D eigenvalue weighted by Gasteiger charge is 2.32. The topological polar surface area (TPSA) is 66.9 Å². The molecular weight excluding hydrogens is 460 g/mol. The molecule has 1 saturated heterocycles. The first-order chi connectivity index (χ1) is 15.9. The Kier molecular flexibility index (Phi) is 7.14. The molecule has 8 heteroatoms. The zero-order valence-electron chi connectivity index (χ0n) is 18.2. The molecule has 0 radical (unpaired) electrons. The van der Waals surface area contributed by atoms with E-state index in [0.717, 1.165) is 0 Å². The van der Waals surface area contributed by atoms with Crippen molar-refractivity contribution in [1.82, 2.24) is 9.21 Å². The van der Waals surface area contributed by atoms with E-state index < -0.39 is 16.0 Å². The van der Waals surface area contributed by atoms with Gasteiger partial charge in [0.1, 0.15) is 0 Å². The highest BCUT2D eigenvalue weighted by Crippen LogP contribution is 2.31. The summed E-state index contributed by atoms with van der Waals surface area (Å²) in [5.74, 6) is -0.671. The molecule has 0 aliphatic carbocycles.